The maximum atomic E-state index is 11.1. The van der Waals surface area contributed by atoms with Gasteiger partial charge >= 0.3 is 0 Å². The predicted octanol–water partition coefficient (Wildman–Crippen LogP) is 12.6. The maximum absolute atomic E-state index is 11.1. The Kier molecular flexibility index (Phi) is 9.71. The molecule has 0 aliphatic heterocycles. The zero-order valence-corrected chi connectivity index (χ0v) is 34.1. The van der Waals surface area contributed by atoms with Gasteiger partial charge in [-0.3, -0.25) is 9.55 Å². The van der Waals surface area contributed by atoms with Gasteiger partial charge in [-0.05, 0) is 87.9 Å². The van der Waals surface area contributed by atoms with E-state index in [1.165, 1.54) is 22.3 Å². The molecule has 0 radical (unpaired) electrons. The summed E-state index contributed by atoms with van der Waals surface area (Å²) in [5.74, 6) is 0.871. The summed E-state index contributed by atoms with van der Waals surface area (Å²) in [5, 5.41) is 12.2. The number of aryl methyl sites for hydroxylation is 1. The summed E-state index contributed by atoms with van der Waals surface area (Å²) in [4.78, 5) is 10.3. The third-order valence-corrected chi connectivity index (χ3v) is 10.3. The summed E-state index contributed by atoms with van der Waals surface area (Å²) >= 11 is 0. The molecule has 0 bridgehead atoms. The molecule has 8 aromatic rings. The Balaban J connectivity index is 0.00000450. The van der Waals surface area contributed by atoms with E-state index in [1.807, 2.05) is 30.5 Å². The molecule has 272 valence electrons. The van der Waals surface area contributed by atoms with Crippen LogP contribution in [0, 0.1) is 13.0 Å². The molecule has 0 saturated carbocycles. The molecular weight excluding hydrogens is 842 g/mol. The first kappa shape index (κ1) is 37.0. The fraction of sp³-hybridized carbons (Fsp3) is 0.184. The van der Waals surface area contributed by atoms with Gasteiger partial charge in [-0.1, -0.05) is 125 Å². The van der Waals surface area contributed by atoms with Crippen molar-refractivity contribution in [2.45, 2.75) is 59.3 Å². The minimum Gasteiger partial charge on any atom is -0.507 e. The number of para-hydroxylation sites is 2. The van der Waals surface area contributed by atoms with Gasteiger partial charge in [-0.15, -0.1) is 34.9 Å². The second-order valence-electron chi connectivity index (χ2n) is 16.1. The van der Waals surface area contributed by atoms with Gasteiger partial charge in [0.15, 0.2) is 0 Å². The van der Waals surface area contributed by atoms with Gasteiger partial charge in [0, 0.05) is 38.5 Å². The Labute approximate surface area is 332 Å². The summed E-state index contributed by atoms with van der Waals surface area (Å²) in [6, 6.07) is 48.1. The summed E-state index contributed by atoms with van der Waals surface area (Å²) in [5.41, 5.74) is 14.3. The zero-order chi connectivity index (χ0) is 37.1. The van der Waals surface area contributed by atoms with Crippen LogP contribution in [0.2, 0.25) is 0 Å². The molecule has 6 aromatic carbocycles. The van der Waals surface area contributed by atoms with Crippen LogP contribution in [0.3, 0.4) is 0 Å². The summed E-state index contributed by atoms with van der Waals surface area (Å²) in [6.07, 6.45) is 1.87. The number of benzene rings is 6. The fourth-order valence-corrected chi connectivity index (χ4v) is 7.27. The number of hydrogen-bond acceptors (Lipinski definition) is 3. The van der Waals surface area contributed by atoms with Crippen molar-refractivity contribution in [2.24, 2.45) is 0 Å². The number of phenols is 1. The van der Waals surface area contributed by atoms with Crippen molar-refractivity contribution in [1.29, 1.82) is 0 Å². The first-order valence-corrected chi connectivity index (χ1v) is 18.3. The minimum atomic E-state index is -0.140. The number of nitrogens with zero attached hydrogens (tertiary/aromatic N) is 3. The van der Waals surface area contributed by atoms with Gasteiger partial charge < -0.3 is 5.11 Å². The number of imidazole rings is 1. The van der Waals surface area contributed by atoms with E-state index in [0.29, 0.717) is 11.4 Å². The molecule has 0 amide bonds. The fourth-order valence-electron chi connectivity index (χ4n) is 7.27. The average Bonchev–Trinajstić information content (AvgIpc) is 3.53. The molecule has 2 heterocycles. The SMILES string of the molecule is Cc1ccccc1-c1cc(-c2[c-]c(-c3cccc4c3nc(-c3ccccc3O)n4-c3ccc(C(C)(C)C)cc3)cc(C(C)(C)C)c2)c2ncccc2c1.[Pt]. The quantitative estimate of drug-likeness (QED) is 0.175. The average molecular weight is 886 g/mol. The number of fused-ring (bicyclic) bond motifs is 2. The molecule has 0 unspecified atom stereocenters. The molecule has 0 atom stereocenters. The number of pyridine rings is 1. The van der Waals surface area contributed by atoms with Crippen LogP contribution in [0.25, 0.3) is 72.4 Å². The van der Waals surface area contributed by atoms with E-state index in [-0.39, 0.29) is 37.6 Å². The largest absolute Gasteiger partial charge is 0.507 e. The molecule has 2 aromatic heterocycles. The third kappa shape index (κ3) is 6.80. The molecular formula is C49H44N3OPt-. The van der Waals surface area contributed by atoms with Crippen molar-refractivity contribution in [3.05, 3.63) is 156 Å². The summed E-state index contributed by atoms with van der Waals surface area (Å²) in [7, 11) is 0. The number of rotatable bonds is 5. The van der Waals surface area contributed by atoms with Crippen molar-refractivity contribution in [2.75, 3.05) is 0 Å². The second kappa shape index (κ2) is 14.2. The van der Waals surface area contributed by atoms with Crippen LogP contribution >= 0.6 is 0 Å². The number of aromatic nitrogens is 3. The van der Waals surface area contributed by atoms with E-state index >= 15 is 0 Å². The first-order chi connectivity index (χ1) is 25.4. The van der Waals surface area contributed by atoms with Crippen molar-refractivity contribution < 1.29 is 26.2 Å². The van der Waals surface area contributed by atoms with Crippen molar-refractivity contribution in [3.63, 3.8) is 0 Å². The Morgan fingerprint density at radius 2 is 1.24 bits per heavy atom. The number of phenolic OH excluding ortho intramolecular Hbond substituents is 1. The maximum Gasteiger partial charge on any atom is 0.148 e. The molecule has 0 fully saturated rings. The Morgan fingerprint density at radius 3 is 1.93 bits per heavy atom. The van der Waals surface area contributed by atoms with E-state index < -0.39 is 0 Å². The van der Waals surface area contributed by atoms with E-state index in [9.17, 15) is 5.11 Å². The topological polar surface area (TPSA) is 50.9 Å². The van der Waals surface area contributed by atoms with Gasteiger partial charge in [0.1, 0.15) is 11.6 Å². The predicted molar refractivity (Wildman–Crippen MR) is 221 cm³/mol. The van der Waals surface area contributed by atoms with Crippen LogP contribution in [0.5, 0.6) is 5.75 Å². The Bertz CT molecular complexity index is 2660. The van der Waals surface area contributed by atoms with Crippen LogP contribution in [0.1, 0.15) is 58.2 Å². The van der Waals surface area contributed by atoms with E-state index in [1.54, 1.807) is 6.07 Å². The number of aromatic hydroxyl groups is 1. The smallest absolute Gasteiger partial charge is 0.148 e. The Morgan fingerprint density at radius 1 is 0.593 bits per heavy atom. The first-order valence-electron chi connectivity index (χ1n) is 18.3. The molecule has 54 heavy (non-hydrogen) atoms. The monoisotopic (exact) mass is 885 g/mol. The minimum absolute atomic E-state index is 0. The van der Waals surface area contributed by atoms with Crippen LogP contribution in [0.15, 0.2) is 134 Å². The van der Waals surface area contributed by atoms with E-state index in [0.717, 1.165) is 55.4 Å². The molecule has 1 N–H and O–H groups in total. The van der Waals surface area contributed by atoms with Gasteiger partial charge in [-0.25, -0.2) is 4.98 Å². The molecule has 4 nitrogen and oxygen atoms in total. The zero-order valence-electron chi connectivity index (χ0n) is 31.8. The molecule has 0 saturated heterocycles. The molecule has 0 aliphatic rings. The van der Waals surface area contributed by atoms with Crippen molar-refractivity contribution in [1.82, 2.24) is 14.5 Å². The molecule has 5 heteroatoms. The Hall–Kier alpha value is -5.31. The van der Waals surface area contributed by atoms with Crippen LogP contribution in [-0.2, 0) is 31.9 Å². The van der Waals surface area contributed by atoms with Gasteiger partial charge in [0.2, 0.25) is 0 Å². The molecule has 0 spiro atoms. The summed E-state index contributed by atoms with van der Waals surface area (Å²) in [6.45, 7) is 15.6. The summed E-state index contributed by atoms with van der Waals surface area (Å²) < 4.78 is 2.16. The van der Waals surface area contributed by atoms with Gasteiger partial charge in [0.25, 0.3) is 0 Å². The third-order valence-electron chi connectivity index (χ3n) is 10.3. The molecule has 8 rings (SSSR count). The standard InChI is InChI=1S/C49H44N3O.Pt/c1-31-14-8-9-16-39(31)35-26-32-15-13-25-50-45(32)42(30-35)34-27-33(28-37(29-34)49(5,6)7)40-18-12-19-43-46(40)51-47(41-17-10-11-20-44(41)53)52(43)38-23-21-36(22-24-38)48(2,3)4;/h8-26,28-30,53H,1-7H3;/q-1;. The number of hydrogen-bond donors (Lipinski definition) is 1. The van der Waals surface area contributed by atoms with Crippen LogP contribution in [-0.4, -0.2) is 19.6 Å². The van der Waals surface area contributed by atoms with Crippen LogP contribution in [0.4, 0.5) is 0 Å². The van der Waals surface area contributed by atoms with Crippen LogP contribution < -0.4 is 0 Å². The normalized spacial score (nSPS) is 11.9. The van der Waals surface area contributed by atoms with Crippen molar-refractivity contribution >= 4 is 21.9 Å². The van der Waals surface area contributed by atoms with Gasteiger partial charge in [0.05, 0.1) is 16.6 Å². The van der Waals surface area contributed by atoms with Gasteiger partial charge in [-0.2, -0.15) is 0 Å². The van der Waals surface area contributed by atoms with E-state index in [4.69, 9.17) is 9.97 Å². The van der Waals surface area contributed by atoms with Crippen molar-refractivity contribution in [3.8, 4) is 56.2 Å². The second-order valence-corrected chi connectivity index (χ2v) is 16.1. The van der Waals surface area contributed by atoms with E-state index in [2.05, 4.69) is 156 Å². The molecule has 0 aliphatic carbocycles.